The zero-order valence-electron chi connectivity index (χ0n) is 16.2. The number of nitrogens with zero attached hydrogens (tertiary/aromatic N) is 2. The Bertz CT molecular complexity index is 743. The molecular weight excluding hydrogens is 360 g/mol. The Balaban J connectivity index is 2.00. The monoisotopic (exact) mass is 388 g/mol. The summed E-state index contributed by atoms with van der Waals surface area (Å²) in [5, 5.41) is 8.25. The van der Waals surface area contributed by atoms with E-state index in [2.05, 4.69) is 22.5 Å². The van der Waals surface area contributed by atoms with Crippen molar-refractivity contribution in [2.45, 2.75) is 46.6 Å². The Hall–Kier alpha value is -2.41. The van der Waals surface area contributed by atoms with Gasteiger partial charge >= 0.3 is 6.03 Å². The van der Waals surface area contributed by atoms with Crippen molar-refractivity contribution in [2.75, 3.05) is 18.4 Å². The summed E-state index contributed by atoms with van der Waals surface area (Å²) in [7, 11) is 0. The van der Waals surface area contributed by atoms with Gasteiger partial charge in [-0.2, -0.15) is 0 Å². The molecule has 0 aliphatic heterocycles. The lowest BCUT2D eigenvalue weighted by atomic mass is 10.1. The molecule has 146 valence electrons. The number of hydrogen-bond donors (Lipinski definition) is 2. The third kappa shape index (κ3) is 6.36. The van der Waals surface area contributed by atoms with Gasteiger partial charge in [0, 0.05) is 24.2 Å². The van der Waals surface area contributed by atoms with Crippen molar-refractivity contribution in [2.24, 2.45) is 0 Å². The number of carbonyl (C=O) groups excluding carboxylic acids is 2. The molecule has 0 saturated carbocycles. The second-order valence-electron chi connectivity index (χ2n) is 6.28. The van der Waals surface area contributed by atoms with Crippen LogP contribution < -0.4 is 10.6 Å². The van der Waals surface area contributed by atoms with E-state index in [4.69, 9.17) is 0 Å². The van der Waals surface area contributed by atoms with Gasteiger partial charge in [-0.1, -0.05) is 32.9 Å². The molecular formula is C20H28N4O2S. The van der Waals surface area contributed by atoms with Gasteiger partial charge in [0.1, 0.15) is 10.7 Å². The van der Waals surface area contributed by atoms with Crippen molar-refractivity contribution in [3.8, 4) is 0 Å². The van der Waals surface area contributed by atoms with Crippen LogP contribution in [0, 0.1) is 0 Å². The summed E-state index contributed by atoms with van der Waals surface area (Å²) in [6.07, 6.45) is 2.69. The molecule has 0 unspecified atom stereocenters. The van der Waals surface area contributed by atoms with Gasteiger partial charge in [-0.15, -0.1) is 11.3 Å². The number of amides is 3. The van der Waals surface area contributed by atoms with E-state index in [9.17, 15) is 9.59 Å². The number of urea groups is 1. The average Bonchev–Trinajstić information content (AvgIpc) is 3.15. The smallest absolute Gasteiger partial charge is 0.322 e. The van der Waals surface area contributed by atoms with Crippen molar-refractivity contribution < 1.29 is 9.59 Å². The quantitative estimate of drug-likeness (QED) is 0.673. The minimum Gasteiger partial charge on any atom is -0.351 e. The van der Waals surface area contributed by atoms with Gasteiger partial charge in [-0.3, -0.25) is 4.79 Å². The SMILES string of the molecule is CCCNC(=O)c1csc(CN(CCC)C(=O)Nc2ccc(CC)cc2)n1. The van der Waals surface area contributed by atoms with Crippen molar-refractivity contribution in [1.29, 1.82) is 0 Å². The Kier molecular flexibility index (Phi) is 8.26. The van der Waals surface area contributed by atoms with Crippen molar-refractivity contribution in [3.63, 3.8) is 0 Å². The highest BCUT2D eigenvalue weighted by molar-refractivity contribution is 7.09. The number of aromatic nitrogens is 1. The van der Waals surface area contributed by atoms with Gasteiger partial charge in [0.05, 0.1) is 6.54 Å². The van der Waals surface area contributed by atoms with Crippen LogP contribution in [0.25, 0.3) is 0 Å². The molecule has 6 nitrogen and oxygen atoms in total. The van der Waals surface area contributed by atoms with E-state index in [1.807, 2.05) is 38.1 Å². The maximum atomic E-state index is 12.7. The standard InChI is InChI=1S/C20H28N4O2S/c1-4-11-21-19(25)17-14-27-18(23-17)13-24(12-5-2)20(26)22-16-9-7-15(6-3)8-10-16/h7-10,14H,4-6,11-13H2,1-3H3,(H,21,25)(H,22,26). The molecule has 0 bridgehead atoms. The van der Waals surface area contributed by atoms with Gasteiger partial charge in [0.15, 0.2) is 0 Å². The molecule has 0 atom stereocenters. The molecule has 1 aromatic heterocycles. The molecule has 2 N–H and O–H groups in total. The second-order valence-corrected chi connectivity index (χ2v) is 7.23. The van der Waals surface area contributed by atoms with Crippen molar-refractivity contribution in [1.82, 2.24) is 15.2 Å². The molecule has 7 heteroatoms. The minimum atomic E-state index is -0.165. The first-order valence-corrected chi connectivity index (χ1v) is 10.3. The lowest BCUT2D eigenvalue weighted by molar-refractivity contribution is 0.0949. The number of nitrogens with one attached hydrogen (secondary N) is 2. The third-order valence-electron chi connectivity index (χ3n) is 4.04. The molecule has 0 aliphatic carbocycles. The van der Waals surface area contributed by atoms with Crippen molar-refractivity contribution in [3.05, 3.63) is 45.9 Å². The number of benzene rings is 1. The van der Waals surface area contributed by atoms with Gasteiger partial charge in [-0.05, 0) is 37.0 Å². The second kappa shape index (κ2) is 10.7. The Morgan fingerprint density at radius 3 is 2.48 bits per heavy atom. The van der Waals surface area contributed by atoms with E-state index >= 15 is 0 Å². The lowest BCUT2D eigenvalue weighted by Gasteiger charge is -2.21. The van der Waals surface area contributed by atoms with Gasteiger partial charge in [0.2, 0.25) is 0 Å². The number of aryl methyl sites for hydroxylation is 1. The number of thiazole rings is 1. The molecule has 27 heavy (non-hydrogen) atoms. The van der Waals surface area contributed by atoms with E-state index in [0.717, 1.165) is 30.0 Å². The van der Waals surface area contributed by atoms with Crippen LogP contribution in [0.5, 0.6) is 0 Å². The van der Waals surface area contributed by atoms with E-state index < -0.39 is 0 Å². The molecule has 1 heterocycles. The largest absolute Gasteiger partial charge is 0.351 e. The first kappa shape index (κ1) is 20.9. The number of carbonyl (C=O) groups is 2. The van der Waals surface area contributed by atoms with Crippen LogP contribution in [0.4, 0.5) is 10.5 Å². The highest BCUT2D eigenvalue weighted by Crippen LogP contribution is 2.15. The summed E-state index contributed by atoms with van der Waals surface area (Å²) in [5.41, 5.74) is 2.42. The van der Waals surface area contributed by atoms with Gasteiger partial charge in [0.25, 0.3) is 5.91 Å². The topological polar surface area (TPSA) is 74.3 Å². The van der Waals surface area contributed by atoms with Gasteiger partial charge < -0.3 is 15.5 Å². The maximum Gasteiger partial charge on any atom is 0.322 e. The highest BCUT2D eigenvalue weighted by Gasteiger charge is 2.17. The van der Waals surface area contributed by atoms with E-state index in [1.54, 1.807) is 10.3 Å². The van der Waals surface area contributed by atoms with Crippen LogP contribution in [0.3, 0.4) is 0 Å². The first-order chi connectivity index (χ1) is 13.1. The zero-order valence-corrected chi connectivity index (χ0v) is 17.1. The summed E-state index contributed by atoms with van der Waals surface area (Å²) in [5.74, 6) is -0.165. The van der Waals surface area contributed by atoms with Crippen LogP contribution in [0.2, 0.25) is 0 Å². The first-order valence-electron chi connectivity index (χ1n) is 9.44. The normalized spacial score (nSPS) is 10.5. The predicted octanol–water partition coefficient (Wildman–Crippen LogP) is 4.29. The molecule has 1 aromatic carbocycles. The zero-order chi connectivity index (χ0) is 19.6. The average molecular weight is 389 g/mol. The van der Waals surface area contributed by atoms with Crippen LogP contribution in [-0.4, -0.2) is 34.9 Å². The summed E-state index contributed by atoms with van der Waals surface area (Å²) in [4.78, 5) is 30.8. The molecule has 3 amide bonds. The van der Waals surface area contributed by atoms with E-state index in [0.29, 0.717) is 25.3 Å². The molecule has 0 aliphatic rings. The number of anilines is 1. The number of rotatable bonds is 9. The Labute approximate surface area is 165 Å². The van der Waals surface area contributed by atoms with Crippen LogP contribution in [0.15, 0.2) is 29.6 Å². The Morgan fingerprint density at radius 1 is 1.11 bits per heavy atom. The summed E-state index contributed by atoms with van der Waals surface area (Å²) >= 11 is 1.40. The van der Waals surface area contributed by atoms with Crippen LogP contribution >= 0.6 is 11.3 Å². The fraction of sp³-hybridized carbons (Fsp3) is 0.450. The summed E-state index contributed by atoms with van der Waals surface area (Å²) in [6.45, 7) is 7.77. The molecule has 2 aromatic rings. The molecule has 0 saturated heterocycles. The highest BCUT2D eigenvalue weighted by atomic mass is 32.1. The van der Waals surface area contributed by atoms with Crippen molar-refractivity contribution >= 4 is 29.0 Å². The van der Waals surface area contributed by atoms with Crippen LogP contribution in [0.1, 0.15) is 54.7 Å². The number of hydrogen-bond acceptors (Lipinski definition) is 4. The molecule has 0 fully saturated rings. The molecule has 2 rings (SSSR count). The molecule has 0 radical (unpaired) electrons. The van der Waals surface area contributed by atoms with Gasteiger partial charge in [-0.25, -0.2) is 9.78 Å². The van der Waals surface area contributed by atoms with Crippen LogP contribution in [-0.2, 0) is 13.0 Å². The lowest BCUT2D eigenvalue weighted by Crippen LogP contribution is -2.35. The van der Waals surface area contributed by atoms with E-state index in [-0.39, 0.29) is 11.9 Å². The summed E-state index contributed by atoms with van der Waals surface area (Å²) in [6, 6.07) is 7.71. The fourth-order valence-electron chi connectivity index (χ4n) is 2.53. The molecule has 0 spiro atoms. The third-order valence-corrected chi connectivity index (χ3v) is 4.87. The van der Waals surface area contributed by atoms with E-state index in [1.165, 1.54) is 16.9 Å². The maximum absolute atomic E-state index is 12.7. The summed E-state index contributed by atoms with van der Waals surface area (Å²) < 4.78 is 0. The minimum absolute atomic E-state index is 0.159. The predicted molar refractivity (Wildman–Crippen MR) is 110 cm³/mol. The fourth-order valence-corrected chi connectivity index (χ4v) is 3.32. The Morgan fingerprint density at radius 2 is 1.85 bits per heavy atom.